The Morgan fingerprint density at radius 1 is 1.00 bits per heavy atom. The van der Waals surface area contributed by atoms with Gasteiger partial charge < -0.3 is 19.5 Å². The molecule has 5 heteroatoms. The molecule has 0 aliphatic rings. The van der Waals surface area contributed by atoms with E-state index in [-0.39, 0.29) is 19.1 Å². The quantitative estimate of drug-likeness (QED) is 0.543. The zero-order valence-electron chi connectivity index (χ0n) is 15.8. The number of amides is 1. The van der Waals surface area contributed by atoms with Gasteiger partial charge in [0.05, 0.1) is 20.3 Å². The van der Waals surface area contributed by atoms with E-state index in [4.69, 9.17) is 14.2 Å². The summed E-state index contributed by atoms with van der Waals surface area (Å²) in [7, 11) is 1.59. The van der Waals surface area contributed by atoms with Gasteiger partial charge in [-0.25, -0.2) is 0 Å². The number of hydrogen-bond acceptors (Lipinski definition) is 4. The lowest BCUT2D eigenvalue weighted by Gasteiger charge is -2.07. The molecular formula is C22H25NO4. The molecule has 0 bridgehead atoms. The van der Waals surface area contributed by atoms with Gasteiger partial charge in [-0.15, -0.1) is 0 Å². The first kappa shape index (κ1) is 20.2. The van der Waals surface area contributed by atoms with Crippen LogP contribution in [0.4, 0.5) is 0 Å². The molecule has 142 valence electrons. The van der Waals surface area contributed by atoms with Gasteiger partial charge >= 0.3 is 0 Å². The maximum Gasteiger partial charge on any atom is 0.252 e. The van der Waals surface area contributed by atoms with Crippen LogP contribution in [0.2, 0.25) is 0 Å². The highest BCUT2D eigenvalue weighted by molar-refractivity contribution is 5.94. The minimum absolute atomic E-state index is 0.171. The van der Waals surface area contributed by atoms with Crippen LogP contribution in [0.25, 0.3) is 0 Å². The van der Waals surface area contributed by atoms with Crippen LogP contribution in [0.3, 0.4) is 0 Å². The molecule has 2 rings (SSSR count). The highest BCUT2D eigenvalue weighted by Gasteiger charge is 2.04. The van der Waals surface area contributed by atoms with E-state index in [0.717, 1.165) is 18.6 Å². The Morgan fingerprint density at radius 3 is 2.44 bits per heavy atom. The molecule has 0 saturated heterocycles. The molecule has 0 aromatic heterocycles. The molecule has 0 aliphatic heterocycles. The maximum atomic E-state index is 12.1. The van der Waals surface area contributed by atoms with Gasteiger partial charge in [0.2, 0.25) is 0 Å². The number of carbonyl (C=O) groups is 1. The van der Waals surface area contributed by atoms with Crippen molar-refractivity contribution in [2.75, 3.05) is 26.9 Å². The summed E-state index contributed by atoms with van der Waals surface area (Å²) in [6.07, 6.45) is 2.10. The van der Waals surface area contributed by atoms with Crippen LogP contribution in [-0.2, 0) is 0 Å². The second-order valence-corrected chi connectivity index (χ2v) is 5.70. The number of nitrogens with one attached hydrogen (secondary N) is 1. The molecule has 27 heavy (non-hydrogen) atoms. The number of ether oxygens (including phenoxy) is 3. The molecule has 0 spiro atoms. The van der Waals surface area contributed by atoms with Gasteiger partial charge in [-0.1, -0.05) is 37.3 Å². The van der Waals surface area contributed by atoms with Gasteiger partial charge in [0.25, 0.3) is 5.91 Å². The van der Waals surface area contributed by atoms with E-state index in [2.05, 4.69) is 24.1 Å². The lowest BCUT2D eigenvalue weighted by molar-refractivity contribution is 0.0958. The van der Waals surface area contributed by atoms with Gasteiger partial charge in [-0.2, -0.15) is 0 Å². The number of methoxy groups -OCH3 is 1. The fourth-order valence-electron chi connectivity index (χ4n) is 2.23. The third-order valence-corrected chi connectivity index (χ3v) is 3.71. The second kappa shape index (κ2) is 11.5. The molecule has 0 fully saturated rings. The van der Waals surface area contributed by atoms with Crippen molar-refractivity contribution in [3.63, 3.8) is 0 Å². The summed E-state index contributed by atoms with van der Waals surface area (Å²) in [5.74, 6) is 7.63. The normalized spacial score (nSPS) is 9.70. The van der Waals surface area contributed by atoms with Gasteiger partial charge in [-0.05, 0) is 42.8 Å². The topological polar surface area (TPSA) is 56.8 Å². The van der Waals surface area contributed by atoms with Gasteiger partial charge in [0.15, 0.2) is 11.5 Å². The van der Waals surface area contributed by atoms with Crippen LogP contribution >= 0.6 is 0 Å². The van der Waals surface area contributed by atoms with Crippen LogP contribution in [0.15, 0.2) is 48.5 Å². The lowest BCUT2D eigenvalue weighted by atomic mass is 10.2. The first-order valence-corrected chi connectivity index (χ1v) is 8.97. The molecule has 1 amide bonds. The van der Waals surface area contributed by atoms with E-state index < -0.39 is 0 Å². The fourth-order valence-corrected chi connectivity index (χ4v) is 2.23. The van der Waals surface area contributed by atoms with E-state index in [1.165, 1.54) is 0 Å². The van der Waals surface area contributed by atoms with Crippen LogP contribution in [0, 0.1) is 11.8 Å². The lowest BCUT2D eigenvalue weighted by Crippen LogP contribution is -2.23. The summed E-state index contributed by atoms with van der Waals surface area (Å²) in [6.45, 7) is 3.28. The Hall–Kier alpha value is -3.13. The van der Waals surface area contributed by atoms with Crippen LogP contribution in [-0.4, -0.2) is 32.8 Å². The summed E-state index contributed by atoms with van der Waals surface area (Å²) >= 11 is 0. The third-order valence-electron chi connectivity index (χ3n) is 3.71. The molecule has 0 atom stereocenters. The molecule has 0 radical (unpaired) electrons. The number of rotatable bonds is 9. The summed E-state index contributed by atoms with van der Waals surface area (Å²) in [5, 5.41) is 2.76. The average Bonchev–Trinajstić information content (AvgIpc) is 2.71. The Labute approximate surface area is 160 Å². The molecule has 0 heterocycles. The van der Waals surface area contributed by atoms with Gasteiger partial charge in [0, 0.05) is 5.56 Å². The average molecular weight is 367 g/mol. The number of carbonyl (C=O) groups excluding carboxylic acids is 1. The largest absolute Gasteiger partial charge is 0.494 e. The minimum Gasteiger partial charge on any atom is -0.494 e. The zero-order valence-corrected chi connectivity index (χ0v) is 15.8. The molecule has 5 nitrogen and oxygen atoms in total. The Bertz CT molecular complexity index is 775. The second-order valence-electron chi connectivity index (χ2n) is 5.70. The maximum absolute atomic E-state index is 12.1. The van der Waals surface area contributed by atoms with Crippen LogP contribution in [0.5, 0.6) is 17.2 Å². The highest BCUT2D eigenvalue weighted by Crippen LogP contribution is 2.25. The molecule has 2 aromatic carbocycles. The van der Waals surface area contributed by atoms with E-state index in [1.54, 1.807) is 31.4 Å². The number of unbranched alkanes of at least 4 members (excludes halogenated alkanes) is 1. The van der Waals surface area contributed by atoms with Crippen molar-refractivity contribution in [1.29, 1.82) is 0 Å². The Balaban J connectivity index is 1.72. The SMILES string of the molecule is CCCCOc1ccc(C(=O)NCC#CCOc2ccccc2OC)cc1. The van der Waals surface area contributed by atoms with E-state index in [9.17, 15) is 4.79 Å². The summed E-state index contributed by atoms with van der Waals surface area (Å²) in [4.78, 5) is 12.1. The van der Waals surface area contributed by atoms with Crippen molar-refractivity contribution in [3.8, 4) is 29.1 Å². The molecule has 1 N–H and O–H groups in total. The highest BCUT2D eigenvalue weighted by atomic mass is 16.5. The monoisotopic (exact) mass is 367 g/mol. The van der Waals surface area contributed by atoms with Crippen molar-refractivity contribution < 1.29 is 19.0 Å². The van der Waals surface area contributed by atoms with Crippen molar-refractivity contribution in [2.24, 2.45) is 0 Å². The number of benzene rings is 2. The predicted molar refractivity (Wildman–Crippen MR) is 105 cm³/mol. The smallest absolute Gasteiger partial charge is 0.252 e. The molecule has 2 aromatic rings. The van der Waals surface area contributed by atoms with Crippen molar-refractivity contribution in [1.82, 2.24) is 5.32 Å². The third kappa shape index (κ3) is 6.95. The Morgan fingerprint density at radius 2 is 1.74 bits per heavy atom. The zero-order chi connectivity index (χ0) is 19.3. The van der Waals surface area contributed by atoms with Crippen LogP contribution in [0.1, 0.15) is 30.1 Å². The summed E-state index contributed by atoms with van der Waals surface area (Å²) in [5.41, 5.74) is 0.574. The number of hydrogen-bond donors (Lipinski definition) is 1. The molecular weight excluding hydrogens is 342 g/mol. The van der Waals surface area contributed by atoms with Crippen molar-refractivity contribution in [2.45, 2.75) is 19.8 Å². The van der Waals surface area contributed by atoms with E-state index in [0.29, 0.717) is 23.7 Å². The van der Waals surface area contributed by atoms with Crippen molar-refractivity contribution in [3.05, 3.63) is 54.1 Å². The number of para-hydroxylation sites is 2. The molecule has 0 saturated carbocycles. The predicted octanol–water partition coefficient (Wildman–Crippen LogP) is 3.69. The Kier molecular flexibility index (Phi) is 8.58. The molecule has 0 unspecified atom stereocenters. The first-order chi connectivity index (χ1) is 13.2. The van der Waals surface area contributed by atoms with Crippen LogP contribution < -0.4 is 19.5 Å². The molecule has 0 aliphatic carbocycles. The van der Waals surface area contributed by atoms with Gasteiger partial charge in [0.1, 0.15) is 12.4 Å². The fraction of sp³-hybridized carbons (Fsp3) is 0.318. The van der Waals surface area contributed by atoms with E-state index >= 15 is 0 Å². The summed E-state index contributed by atoms with van der Waals surface area (Å²) < 4.78 is 16.3. The first-order valence-electron chi connectivity index (χ1n) is 8.97. The van der Waals surface area contributed by atoms with E-state index in [1.807, 2.05) is 24.3 Å². The van der Waals surface area contributed by atoms with Gasteiger partial charge in [-0.3, -0.25) is 4.79 Å². The van der Waals surface area contributed by atoms with Crippen molar-refractivity contribution >= 4 is 5.91 Å². The summed E-state index contributed by atoms with van der Waals surface area (Å²) in [6, 6.07) is 14.5. The minimum atomic E-state index is -0.171. The standard InChI is InChI=1S/C22H25NO4/c1-3-4-16-26-19-13-11-18(12-14-19)22(24)23-15-7-8-17-27-21-10-6-5-9-20(21)25-2/h5-6,9-14H,3-4,15-17H2,1-2H3,(H,23,24).